The average Bonchev–Trinajstić information content (AvgIpc) is 2.73. The molecule has 10 heteroatoms. The molecular weight excluding hydrogens is 452 g/mol. The number of rotatable bonds is 13. The predicted molar refractivity (Wildman–Crippen MR) is 122 cm³/mol. The van der Waals surface area contributed by atoms with Crippen LogP contribution in [0.2, 0.25) is 0 Å². The predicted octanol–water partition coefficient (Wildman–Crippen LogP) is -0.892. The van der Waals surface area contributed by atoms with Gasteiger partial charge in [-0.3, -0.25) is 20.0 Å². The van der Waals surface area contributed by atoms with Crippen LogP contribution in [0.1, 0.15) is 31.4 Å². The summed E-state index contributed by atoms with van der Waals surface area (Å²) in [5, 5.41) is 17.4. The third-order valence-corrected chi connectivity index (χ3v) is 6.01. The van der Waals surface area contributed by atoms with Gasteiger partial charge in [0.1, 0.15) is 6.04 Å². The molecule has 174 valence electrons. The molecule has 0 aliphatic rings. The van der Waals surface area contributed by atoms with Gasteiger partial charge in [-0.05, 0) is 23.5 Å². The van der Waals surface area contributed by atoms with Crippen LogP contribution in [0.25, 0.3) is 0 Å². The van der Waals surface area contributed by atoms with Gasteiger partial charge in [0.25, 0.3) is 0 Å². The average molecular weight is 483 g/mol. The minimum Gasteiger partial charge on any atom is -0.787 e. The van der Waals surface area contributed by atoms with Crippen molar-refractivity contribution in [1.82, 2.24) is 15.7 Å². The summed E-state index contributed by atoms with van der Waals surface area (Å²) in [6.07, 6.45) is -0.742. The minimum atomic E-state index is -4.25. The molecule has 4 N–H and O–H groups in total. The Kier molecular flexibility index (Phi) is 13.1. The van der Waals surface area contributed by atoms with Gasteiger partial charge >= 0.3 is 35.5 Å². The number of hydrogen-bond acceptors (Lipinski definition) is 5. The quantitative estimate of drug-likeness (QED) is 0.165. The van der Waals surface area contributed by atoms with Crippen LogP contribution in [0.15, 0.2) is 60.7 Å². The van der Waals surface area contributed by atoms with Crippen molar-refractivity contribution in [1.29, 1.82) is 0 Å². The second-order valence-corrected chi connectivity index (χ2v) is 10.1. The topological polar surface area (TPSA) is 131 Å². The van der Waals surface area contributed by atoms with Gasteiger partial charge in [0.15, 0.2) is 0 Å². The molecule has 2 rings (SSSR count). The number of carboxylic acids is 1. The number of carbonyl (C=O) groups excluding carboxylic acids is 1. The first-order chi connectivity index (χ1) is 15.1. The maximum Gasteiger partial charge on any atom is 1.00 e. The molecule has 0 bridgehead atoms. The van der Waals surface area contributed by atoms with E-state index < -0.39 is 37.9 Å². The van der Waals surface area contributed by atoms with E-state index in [1.54, 1.807) is 24.3 Å². The molecular formula is C23H31N3NaO5P. The minimum absolute atomic E-state index is 0. The molecule has 0 aliphatic carbocycles. The van der Waals surface area contributed by atoms with Gasteiger partial charge in [0, 0.05) is 6.42 Å². The van der Waals surface area contributed by atoms with E-state index in [1.807, 2.05) is 50.2 Å². The Labute approximate surface area is 217 Å². The van der Waals surface area contributed by atoms with E-state index in [4.69, 9.17) is 0 Å². The summed E-state index contributed by atoms with van der Waals surface area (Å²) >= 11 is 0. The van der Waals surface area contributed by atoms with Crippen molar-refractivity contribution < 1.29 is 53.7 Å². The molecule has 0 saturated carbocycles. The summed E-state index contributed by atoms with van der Waals surface area (Å²) in [6.45, 7) is 3.80. The van der Waals surface area contributed by atoms with Gasteiger partial charge in [0.2, 0.25) is 5.91 Å². The second kappa shape index (κ2) is 14.7. The van der Waals surface area contributed by atoms with Crippen LogP contribution in [0.4, 0.5) is 0 Å². The van der Waals surface area contributed by atoms with Crippen molar-refractivity contribution in [3.63, 3.8) is 0 Å². The third kappa shape index (κ3) is 12.0. The standard InChI is InChI=1S/C23H32N3O5P.Na/c1-17(2)13-20(23(28)29)25-21(14-18-9-5-3-6-10-18)26-32(30,31)16-24-22(27)15-19-11-7-4-8-12-19;/h3-12,17,20-21,25H,13-16H2,1-2H3,(H,24,27)(H,28,29)(H2,26,30,31);/q;+1/p-1. The van der Waals surface area contributed by atoms with E-state index in [0.29, 0.717) is 6.42 Å². The fourth-order valence-electron chi connectivity index (χ4n) is 3.27. The number of carbonyl (C=O) groups is 2. The van der Waals surface area contributed by atoms with E-state index in [1.165, 1.54) is 0 Å². The van der Waals surface area contributed by atoms with Crippen LogP contribution in [-0.4, -0.2) is 35.5 Å². The SMILES string of the molecule is CC(C)CC(NC(Cc1ccccc1)NP(=O)([O-])CNC(=O)Cc1ccccc1)C(=O)O.[Na+]. The Morgan fingerprint density at radius 2 is 1.55 bits per heavy atom. The number of benzene rings is 2. The van der Waals surface area contributed by atoms with Gasteiger partial charge in [-0.1, -0.05) is 74.5 Å². The normalized spacial score (nSPS) is 14.5. The fraction of sp³-hybridized carbons (Fsp3) is 0.391. The molecule has 33 heavy (non-hydrogen) atoms. The Morgan fingerprint density at radius 1 is 1.00 bits per heavy atom. The van der Waals surface area contributed by atoms with Crippen molar-refractivity contribution in [2.45, 2.75) is 45.3 Å². The van der Waals surface area contributed by atoms with Crippen molar-refractivity contribution in [2.24, 2.45) is 5.92 Å². The molecule has 0 radical (unpaired) electrons. The summed E-state index contributed by atoms with van der Waals surface area (Å²) in [4.78, 5) is 36.5. The Morgan fingerprint density at radius 3 is 2.06 bits per heavy atom. The molecule has 1 amide bonds. The maximum absolute atomic E-state index is 12.7. The number of aliphatic carboxylic acids is 1. The molecule has 0 fully saturated rings. The summed E-state index contributed by atoms with van der Waals surface area (Å²) in [5.41, 5.74) is 1.62. The van der Waals surface area contributed by atoms with E-state index >= 15 is 0 Å². The molecule has 0 aliphatic heterocycles. The van der Waals surface area contributed by atoms with Crippen molar-refractivity contribution in [2.75, 3.05) is 6.29 Å². The summed E-state index contributed by atoms with van der Waals surface area (Å²) in [6, 6.07) is 17.3. The molecule has 0 spiro atoms. The molecule has 3 unspecified atom stereocenters. The van der Waals surface area contributed by atoms with Crippen LogP contribution in [0, 0.1) is 5.92 Å². The zero-order valence-electron chi connectivity index (χ0n) is 19.4. The van der Waals surface area contributed by atoms with Crippen LogP contribution in [-0.2, 0) is 27.0 Å². The van der Waals surface area contributed by atoms with Gasteiger partial charge < -0.3 is 19.9 Å². The monoisotopic (exact) mass is 483 g/mol. The number of nitrogens with one attached hydrogen (secondary N) is 3. The molecule has 0 saturated heterocycles. The van der Waals surface area contributed by atoms with Crippen molar-refractivity contribution >= 4 is 19.4 Å². The molecule has 3 atom stereocenters. The molecule has 0 heterocycles. The Hall–Kier alpha value is -1.51. The zero-order valence-corrected chi connectivity index (χ0v) is 22.3. The Bertz CT molecular complexity index is 915. The fourth-order valence-corrected chi connectivity index (χ4v) is 4.38. The summed E-state index contributed by atoms with van der Waals surface area (Å²) in [7, 11) is -4.25. The maximum atomic E-state index is 12.7. The van der Waals surface area contributed by atoms with Crippen LogP contribution < -0.4 is 50.2 Å². The van der Waals surface area contributed by atoms with Crippen molar-refractivity contribution in [3.8, 4) is 0 Å². The van der Waals surface area contributed by atoms with Crippen molar-refractivity contribution in [3.05, 3.63) is 71.8 Å². The van der Waals surface area contributed by atoms with E-state index in [9.17, 15) is 24.2 Å². The zero-order chi connectivity index (χ0) is 23.6. The smallest absolute Gasteiger partial charge is 0.787 e. The molecule has 2 aromatic carbocycles. The number of hydrogen-bond donors (Lipinski definition) is 4. The molecule has 2 aromatic rings. The van der Waals surface area contributed by atoms with E-state index in [0.717, 1.165) is 11.1 Å². The van der Waals surface area contributed by atoms with E-state index in [-0.39, 0.29) is 48.3 Å². The first kappa shape index (κ1) is 29.5. The summed E-state index contributed by atoms with van der Waals surface area (Å²) in [5.74, 6) is -1.35. The summed E-state index contributed by atoms with van der Waals surface area (Å²) < 4.78 is 12.7. The molecule has 0 aromatic heterocycles. The van der Waals surface area contributed by atoms with Crippen LogP contribution >= 0.6 is 7.52 Å². The van der Waals surface area contributed by atoms with Gasteiger partial charge in [0.05, 0.1) is 26.4 Å². The number of carboxylic acid groups (broad SMARTS) is 1. The first-order valence-electron chi connectivity index (χ1n) is 10.6. The van der Waals surface area contributed by atoms with Gasteiger partial charge in [-0.2, -0.15) is 0 Å². The Balaban J connectivity index is 0.00000544. The largest absolute Gasteiger partial charge is 1.00 e. The first-order valence-corrected chi connectivity index (χ1v) is 12.4. The third-order valence-electron chi connectivity index (χ3n) is 4.73. The molecule has 8 nitrogen and oxygen atoms in total. The number of amides is 1. The van der Waals surface area contributed by atoms with Gasteiger partial charge in [-0.15, -0.1) is 0 Å². The van der Waals surface area contributed by atoms with Crippen LogP contribution in [0.3, 0.4) is 0 Å². The van der Waals surface area contributed by atoms with Crippen LogP contribution in [0.5, 0.6) is 0 Å². The van der Waals surface area contributed by atoms with E-state index in [2.05, 4.69) is 15.7 Å². The van der Waals surface area contributed by atoms with Gasteiger partial charge in [-0.25, -0.2) is 0 Å². The second-order valence-electron chi connectivity index (χ2n) is 8.15.